The molecule has 2 N–H and O–H groups in total. The molecule has 0 saturated carbocycles. The quantitative estimate of drug-likeness (QED) is 0.878. The van der Waals surface area contributed by atoms with E-state index in [0.29, 0.717) is 5.69 Å². The Kier molecular flexibility index (Phi) is 4.27. The normalized spacial score (nSPS) is 12.2. The SMILES string of the molecule is CC(Cc1ccc(O)cc1)Nc1ccc(Cl)c(F)c1. The highest BCUT2D eigenvalue weighted by atomic mass is 35.5. The van der Waals surface area contributed by atoms with Crippen molar-refractivity contribution in [2.24, 2.45) is 0 Å². The lowest BCUT2D eigenvalue weighted by Crippen LogP contribution is -2.18. The van der Waals surface area contributed by atoms with E-state index in [1.54, 1.807) is 18.2 Å². The molecule has 1 atom stereocenters. The van der Waals surface area contributed by atoms with Gasteiger partial charge in [0, 0.05) is 11.7 Å². The second-order valence-electron chi connectivity index (χ2n) is 4.54. The smallest absolute Gasteiger partial charge is 0.143 e. The van der Waals surface area contributed by atoms with Crippen molar-refractivity contribution >= 4 is 17.3 Å². The first-order chi connectivity index (χ1) is 9.04. The molecule has 0 heterocycles. The molecule has 4 heteroatoms. The van der Waals surface area contributed by atoms with Crippen molar-refractivity contribution in [2.75, 3.05) is 5.32 Å². The molecule has 100 valence electrons. The second kappa shape index (κ2) is 5.93. The summed E-state index contributed by atoms with van der Waals surface area (Å²) in [4.78, 5) is 0. The van der Waals surface area contributed by atoms with Crippen molar-refractivity contribution in [3.63, 3.8) is 0 Å². The van der Waals surface area contributed by atoms with Crippen molar-refractivity contribution < 1.29 is 9.50 Å². The maximum absolute atomic E-state index is 13.3. The van der Waals surface area contributed by atoms with Gasteiger partial charge in [-0.3, -0.25) is 0 Å². The number of benzene rings is 2. The van der Waals surface area contributed by atoms with E-state index in [4.69, 9.17) is 11.6 Å². The van der Waals surface area contributed by atoms with Gasteiger partial charge in [-0.15, -0.1) is 0 Å². The van der Waals surface area contributed by atoms with Crippen LogP contribution in [-0.4, -0.2) is 11.1 Å². The van der Waals surface area contributed by atoms with Gasteiger partial charge in [0.2, 0.25) is 0 Å². The monoisotopic (exact) mass is 279 g/mol. The van der Waals surface area contributed by atoms with Crippen molar-refractivity contribution in [2.45, 2.75) is 19.4 Å². The standard InChI is InChI=1S/C15H15ClFNO/c1-10(8-11-2-5-13(19)6-3-11)18-12-4-7-14(16)15(17)9-12/h2-7,9-10,18-19H,8H2,1H3. The summed E-state index contributed by atoms with van der Waals surface area (Å²) in [7, 11) is 0. The molecule has 0 aromatic heterocycles. The number of halogens is 2. The topological polar surface area (TPSA) is 32.3 Å². The van der Waals surface area contributed by atoms with Crippen LogP contribution in [0.2, 0.25) is 5.02 Å². The molecular weight excluding hydrogens is 265 g/mol. The molecular formula is C15H15ClFNO. The van der Waals surface area contributed by atoms with Crippen molar-refractivity contribution in [1.82, 2.24) is 0 Å². The fourth-order valence-electron chi connectivity index (χ4n) is 1.91. The van der Waals surface area contributed by atoms with Gasteiger partial charge in [0.15, 0.2) is 0 Å². The van der Waals surface area contributed by atoms with Gasteiger partial charge >= 0.3 is 0 Å². The Bertz CT molecular complexity index is 557. The van der Waals surface area contributed by atoms with Crippen LogP contribution in [0.4, 0.5) is 10.1 Å². The predicted octanol–water partition coefficient (Wildman–Crippen LogP) is 4.23. The van der Waals surface area contributed by atoms with E-state index in [-0.39, 0.29) is 16.8 Å². The van der Waals surface area contributed by atoms with Crippen LogP contribution in [-0.2, 0) is 6.42 Å². The fourth-order valence-corrected chi connectivity index (χ4v) is 2.02. The Morgan fingerprint density at radius 2 is 1.89 bits per heavy atom. The fraction of sp³-hybridized carbons (Fsp3) is 0.200. The van der Waals surface area contributed by atoms with E-state index in [1.807, 2.05) is 19.1 Å². The third kappa shape index (κ3) is 3.86. The molecule has 0 aliphatic carbocycles. The molecule has 2 aromatic carbocycles. The van der Waals surface area contributed by atoms with Crippen LogP contribution in [0.3, 0.4) is 0 Å². The largest absolute Gasteiger partial charge is 0.508 e. The van der Waals surface area contributed by atoms with Gasteiger partial charge in [0.25, 0.3) is 0 Å². The van der Waals surface area contributed by atoms with Crippen LogP contribution >= 0.6 is 11.6 Å². The molecule has 0 amide bonds. The number of phenolic OH excluding ortho intramolecular Hbond substituents is 1. The molecule has 0 aliphatic heterocycles. The van der Waals surface area contributed by atoms with E-state index in [1.165, 1.54) is 12.1 Å². The number of aromatic hydroxyl groups is 1. The lowest BCUT2D eigenvalue weighted by atomic mass is 10.1. The highest BCUT2D eigenvalue weighted by Gasteiger charge is 2.06. The van der Waals surface area contributed by atoms with Gasteiger partial charge in [-0.1, -0.05) is 23.7 Å². The van der Waals surface area contributed by atoms with E-state index < -0.39 is 5.82 Å². The van der Waals surface area contributed by atoms with E-state index in [9.17, 15) is 9.50 Å². The Morgan fingerprint density at radius 1 is 1.21 bits per heavy atom. The van der Waals surface area contributed by atoms with Crippen molar-refractivity contribution in [3.8, 4) is 5.75 Å². The maximum Gasteiger partial charge on any atom is 0.143 e. The Labute approximate surface area is 116 Å². The van der Waals surface area contributed by atoms with Crippen LogP contribution in [0.25, 0.3) is 0 Å². The third-order valence-electron chi connectivity index (χ3n) is 2.81. The molecule has 0 fully saturated rings. The van der Waals surface area contributed by atoms with Crippen LogP contribution in [0.15, 0.2) is 42.5 Å². The molecule has 2 aromatic rings. The summed E-state index contributed by atoms with van der Waals surface area (Å²) in [6.07, 6.45) is 0.782. The molecule has 0 spiro atoms. The number of phenols is 1. The Morgan fingerprint density at radius 3 is 2.53 bits per heavy atom. The Balaban J connectivity index is 1.98. The summed E-state index contributed by atoms with van der Waals surface area (Å²) in [6, 6.07) is 11.9. The van der Waals surface area contributed by atoms with Crippen LogP contribution in [0, 0.1) is 5.82 Å². The lowest BCUT2D eigenvalue weighted by molar-refractivity contribution is 0.475. The summed E-state index contributed by atoms with van der Waals surface area (Å²) >= 11 is 5.64. The molecule has 0 saturated heterocycles. The van der Waals surface area contributed by atoms with E-state index in [2.05, 4.69) is 5.32 Å². The van der Waals surface area contributed by atoms with Gasteiger partial charge in [-0.2, -0.15) is 0 Å². The van der Waals surface area contributed by atoms with Crippen LogP contribution < -0.4 is 5.32 Å². The minimum Gasteiger partial charge on any atom is -0.508 e. The van der Waals surface area contributed by atoms with Gasteiger partial charge < -0.3 is 10.4 Å². The number of hydrogen-bond acceptors (Lipinski definition) is 2. The lowest BCUT2D eigenvalue weighted by Gasteiger charge is -2.15. The zero-order valence-corrected chi connectivity index (χ0v) is 11.3. The minimum absolute atomic E-state index is 0.122. The molecule has 0 bridgehead atoms. The van der Waals surface area contributed by atoms with Gasteiger partial charge in [0.1, 0.15) is 11.6 Å². The average Bonchev–Trinajstić information content (AvgIpc) is 2.37. The first-order valence-electron chi connectivity index (χ1n) is 6.04. The van der Waals surface area contributed by atoms with E-state index in [0.717, 1.165) is 12.0 Å². The van der Waals surface area contributed by atoms with E-state index >= 15 is 0 Å². The molecule has 0 radical (unpaired) electrons. The average molecular weight is 280 g/mol. The first kappa shape index (κ1) is 13.7. The number of hydrogen-bond donors (Lipinski definition) is 2. The predicted molar refractivity (Wildman–Crippen MR) is 76.3 cm³/mol. The minimum atomic E-state index is -0.427. The number of nitrogens with one attached hydrogen (secondary N) is 1. The molecule has 2 nitrogen and oxygen atoms in total. The summed E-state index contributed by atoms with van der Waals surface area (Å²) in [5.41, 5.74) is 1.81. The highest BCUT2D eigenvalue weighted by Crippen LogP contribution is 2.20. The van der Waals surface area contributed by atoms with Crippen LogP contribution in [0.1, 0.15) is 12.5 Å². The number of anilines is 1. The number of rotatable bonds is 4. The van der Waals surface area contributed by atoms with Gasteiger partial charge in [-0.25, -0.2) is 4.39 Å². The summed E-state index contributed by atoms with van der Waals surface area (Å²) in [5, 5.41) is 12.5. The third-order valence-corrected chi connectivity index (χ3v) is 3.12. The summed E-state index contributed by atoms with van der Waals surface area (Å²) in [6.45, 7) is 2.01. The molecule has 2 rings (SSSR count). The summed E-state index contributed by atoms with van der Waals surface area (Å²) < 4.78 is 13.3. The van der Waals surface area contributed by atoms with Gasteiger partial charge in [0.05, 0.1) is 5.02 Å². The first-order valence-corrected chi connectivity index (χ1v) is 6.42. The maximum atomic E-state index is 13.3. The molecule has 0 aliphatic rings. The zero-order chi connectivity index (χ0) is 13.8. The van der Waals surface area contributed by atoms with Crippen molar-refractivity contribution in [3.05, 3.63) is 58.9 Å². The Hall–Kier alpha value is -1.74. The van der Waals surface area contributed by atoms with Crippen molar-refractivity contribution in [1.29, 1.82) is 0 Å². The highest BCUT2D eigenvalue weighted by molar-refractivity contribution is 6.30. The summed E-state index contributed by atoms with van der Waals surface area (Å²) in [5.74, 6) is -0.173. The molecule has 19 heavy (non-hydrogen) atoms. The molecule has 1 unspecified atom stereocenters. The van der Waals surface area contributed by atoms with Gasteiger partial charge in [-0.05, 0) is 49.2 Å². The zero-order valence-electron chi connectivity index (χ0n) is 10.5. The second-order valence-corrected chi connectivity index (χ2v) is 4.95. The van der Waals surface area contributed by atoms with Crippen LogP contribution in [0.5, 0.6) is 5.75 Å².